The quantitative estimate of drug-likeness (QED) is 0.560. The van der Waals surface area contributed by atoms with Crippen molar-refractivity contribution in [2.45, 2.75) is 0 Å². The fourth-order valence-corrected chi connectivity index (χ4v) is 2.41. The summed E-state index contributed by atoms with van der Waals surface area (Å²) >= 11 is 0. The summed E-state index contributed by atoms with van der Waals surface area (Å²) in [5, 5.41) is 5.07. The third-order valence-corrected chi connectivity index (χ3v) is 3.64. The molecule has 3 aromatic rings. The number of hydrogen-bond acceptors (Lipinski definition) is 4. The highest BCUT2D eigenvalue weighted by atomic mass is 16.5. The molecule has 2 N–H and O–H groups in total. The van der Waals surface area contributed by atoms with E-state index in [0.29, 0.717) is 17.1 Å². The van der Waals surface area contributed by atoms with Crippen LogP contribution in [0.1, 0.15) is 15.9 Å². The highest BCUT2D eigenvalue weighted by Gasteiger charge is 2.12. The topological polar surface area (TPSA) is 75.7 Å². The maximum atomic E-state index is 12.3. The summed E-state index contributed by atoms with van der Waals surface area (Å²) in [5.41, 5.74) is 4.81. The third-order valence-electron chi connectivity index (χ3n) is 3.64. The molecule has 0 bridgehead atoms. The van der Waals surface area contributed by atoms with Crippen LogP contribution < -0.4 is 14.9 Å². The molecule has 2 aromatic carbocycles. The Balaban J connectivity index is 1.76. The minimum absolute atomic E-state index is 0.356. The zero-order valence-electron chi connectivity index (χ0n) is 13.4. The lowest BCUT2D eigenvalue weighted by Gasteiger charge is -2.08. The van der Waals surface area contributed by atoms with Crippen LogP contribution >= 0.6 is 0 Å². The van der Waals surface area contributed by atoms with Gasteiger partial charge in [0.05, 0.1) is 26.0 Å². The van der Waals surface area contributed by atoms with Gasteiger partial charge in [-0.1, -0.05) is 18.2 Å². The normalized spacial score (nSPS) is 10.9. The van der Waals surface area contributed by atoms with E-state index in [1.807, 2.05) is 30.5 Å². The molecule has 122 valence electrons. The Hall–Kier alpha value is -3.28. The van der Waals surface area contributed by atoms with E-state index in [4.69, 9.17) is 9.47 Å². The summed E-state index contributed by atoms with van der Waals surface area (Å²) in [6, 6.07) is 12.9. The van der Waals surface area contributed by atoms with E-state index in [9.17, 15) is 4.79 Å². The molecule has 3 rings (SSSR count). The van der Waals surface area contributed by atoms with Crippen LogP contribution in [-0.4, -0.2) is 31.3 Å². The molecule has 0 saturated heterocycles. The molecule has 6 heteroatoms. The lowest BCUT2D eigenvalue weighted by molar-refractivity contribution is 0.0952. The number of hydrazone groups is 1. The molecule has 24 heavy (non-hydrogen) atoms. The number of para-hydroxylation sites is 1. The lowest BCUT2D eigenvalue weighted by atomic mass is 10.2. The Morgan fingerprint density at radius 2 is 2.00 bits per heavy atom. The number of methoxy groups -OCH3 is 2. The second-order valence-electron chi connectivity index (χ2n) is 5.05. The molecular weight excluding hydrogens is 306 g/mol. The highest BCUT2D eigenvalue weighted by Crippen LogP contribution is 2.24. The first kappa shape index (κ1) is 15.6. The van der Waals surface area contributed by atoms with E-state index < -0.39 is 0 Å². The van der Waals surface area contributed by atoms with Gasteiger partial charge in [-0.15, -0.1) is 0 Å². The number of aromatic amines is 1. The summed E-state index contributed by atoms with van der Waals surface area (Å²) in [6.07, 6.45) is 3.45. The van der Waals surface area contributed by atoms with E-state index >= 15 is 0 Å². The Bertz CT molecular complexity index is 899. The molecule has 0 atom stereocenters. The van der Waals surface area contributed by atoms with Crippen molar-refractivity contribution in [1.29, 1.82) is 0 Å². The average Bonchev–Trinajstić information content (AvgIpc) is 3.04. The van der Waals surface area contributed by atoms with Crippen LogP contribution in [0, 0.1) is 0 Å². The van der Waals surface area contributed by atoms with Gasteiger partial charge in [0.15, 0.2) is 0 Å². The number of carbonyl (C=O) groups is 1. The van der Waals surface area contributed by atoms with E-state index in [2.05, 4.69) is 15.5 Å². The molecule has 6 nitrogen and oxygen atoms in total. The van der Waals surface area contributed by atoms with Crippen LogP contribution in [-0.2, 0) is 0 Å². The molecule has 1 aromatic heterocycles. The molecule has 0 aliphatic heterocycles. The van der Waals surface area contributed by atoms with Crippen molar-refractivity contribution in [3.63, 3.8) is 0 Å². The second-order valence-corrected chi connectivity index (χ2v) is 5.05. The van der Waals surface area contributed by atoms with Gasteiger partial charge in [0, 0.05) is 28.7 Å². The number of ether oxygens (including phenoxy) is 2. The number of nitrogens with zero attached hydrogens (tertiary/aromatic N) is 1. The van der Waals surface area contributed by atoms with Crippen molar-refractivity contribution in [2.75, 3.05) is 14.2 Å². The number of carbonyl (C=O) groups excluding carboxylic acids is 1. The molecule has 1 amide bonds. The lowest BCUT2D eigenvalue weighted by Crippen LogP contribution is -2.18. The molecule has 0 aliphatic rings. The van der Waals surface area contributed by atoms with Gasteiger partial charge < -0.3 is 14.5 Å². The molecule has 0 saturated carbocycles. The smallest absolute Gasteiger partial charge is 0.275 e. The van der Waals surface area contributed by atoms with Gasteiger partial charge in [-0.25, -0.2) is 5.43 Å². The van der Waals surface area contributed by atoms with E-state index in [1.165, 1.54) is 7.11 Å². The van der Waals surface area contributed by atoms with Gasteiger partial charge >= 0.3 is 0 Å². The first-order valence-corrected chi connectivity index (χ1v) is 7.34. The Morgan fingerprint density at radius 3 is 2.79 bits per heavy atom. The molecule has 0 aliphatic carbocycles. The van der Waals surface area contributed by atoms with E-state index in [1.54, 1.807) is 31.5 Å². The second kappa shape index (κ2) is 6.87. The third kappa shape index (κ3) is 3.08. The van der Waals surface area contributed by atoms with Crippen molar-refractivity contribution in [3.8, 4) is 11.5 Å². The van der Waals surface area contributed by atoms with Crippen molar-refractivity contribution >= 4 is 23.0 Å². The fourth-order valence-electron chi connectivity index (χ4n) is 2.41. The van der Waals surface area contributed by atoms with E-state index in [0.717, 1.165) is 16.5 Å². The zero-order chi connectivity index (χ0) is 16.9. The first-order chi connectivity index (χ1) is 11.7. The van der Waals surface area contributed by atoms with Crippen LogP contribution in [0.25, 0.3) is 10.9 Å². The van der Waals surface area contributed by atoms with Crippen LogP contribution in [0.2, 0.25) is 0 Å². The largest absolute Gasteiger partial charge is 0.497 e. The van der Waals surface area contributed by atoms with Crippen molar-refractivity contribution in [1.82, 2.24) is 10.4 Å². The van der Waals surface area contributed by atoms with Gasteiger partial charge in [0.25, 0.3) is 5.91 Å². The zero-order valence-corrected chi connectivity index (χ0v) is 13.4. The number of aromatic nitrogens is 1. The minimum Gasteiger partial charge on any atom is -0.497 e. The number of rotatable bonds is 5. The van der Waals surface area contributed by atoms with Crippen LogP contribution in [0.4, 0.5) is 0 Å². The maximum absolute atomic E-state index is 12.3. The molecule has 0 unspecified atom stereocenters. The van der Waals surface area contributed by atoms with Crippen molar-refractivity contribution in [3.05, 3.63) is 59.8 Å². The number of fused-ring (bicyclic) bond motifs is 1. The number of hydrogen-bond donors (Lipinski definition) is 2. The SMILES string of the molecule is COc1ccc(C(=O)N/N=C/c2c[nH]c3ccccc23)c(OC)c1. The number of amides is 1. The highest BCUT2D eigenvalue weighted by molar-refractivity contribution is 6.01. The minimum atomic E-state index is -0.356. The van der Waals surface area contributed by atoms with Crippen LogP contribution in [0.5, 0.6) is 11.5 Å². The Kier molecular flexibility index (Phi) is 4.47. The van der Waals surface area contributed by atoms with Crippen molar-refractivity contribution < 1.29 is 14.3 Å². The Morgan fingerprint density at radius 1 is 1.17 bits per heavy atom. The summed E-state index contributed by atoms with van der Waals surface area (Å²) in [7, 11) is 3.06. The molecule has 0 spiro atoms. The van der Waals surface area contributed by atoms with E-state index in [-0.39, 0.29) is 5.91 Å². The number of nitrogens with one attached hydrogen (secondary N) is 2. The van der Waals surface area contributed by atoms with Gasteiger partial charge in [0.1, 0.15) is 11.5 Å². The summed E-state index contributed by atoms with van der Waals surface area (Å²) in [4.78, 5) is 15.4. The van der Waals surface area contributed by atoms with Gasteiger partial charge in [-0.3, -0.25) is 4.79 Å². The predicted octanol–water partition coefficient (Wildman–Crippen LogP) is 2.95. The summed E-state index contributed by atoms with van der Waals surface area (Å²) in [6.45, 7) is 0. The van der Waals surface area contributed by atoms with Crippen molar-refractivity contribution in [2.24, 2.45) is 5.10 Å². The Labute approximate surface area is 139 Å². The predicted molar refractivity (Wildman–Crippen MR) is 92.9 cm³/mol. The van der Waals surface area contributed by atoms with Crippen LogP contribution in [0.3, 0.4) is 0 Å². The standard InChI is InChI=1S/C18H17N3O3/c1-23-13-7-8-15(17(9-13)24-2)18(22)21-20-11-12-10-19-16-6-4-3-5-14(12)16/h3-11,19H,1-2H3,(H,21,22)/b20-11+. The maximum Gasteiger partial charge on any atom is 0.275 e. The molecule has 0 fully saturated rings. The summed E-state index contributed by atoms with van der Waals surface area (Å²) in [5.74, 6) is 0.686. The van der Waals surface area contributed by atoms with Gasteiger partial charge in [-0.05, 0) is 18.2 Å². The van der Waals surface area contributed by atoms with Crippen LogP contribution in [0.15, 0.2) is 53.8 Å². The monoisotopic (exact) mass is 323 g/mol. The molecular formula is C18H17N3O3. The average molecular weight is 323 g/mol. The number of benzene rings is 2. The first-order valence-electron chi connectivity index (χ1n) is 7.34. The molecule has 0 radical (unpaired) electrons. The molecule has 1 heterocycles. The fraction of sp³-hybridized carbons (Fsp3) is 0.111. The number of H-pyrrole nitrogens is 1. The summed E-state index contributed by atoms with van der Waals surface area (Å²) < 4.78 is 10.3. The van der Waals surface area contributed by atoms with Gasteiger partial charge in [-0.2, -0.15) is 5.10 Å². The van der Waals surface area contributed by atoms with Gasteiger partial charge in [0.2, 0.25) is 0 Å².